The molecule has 112 valence electrons. The van der Waals surface area contributed by atoms with Gasteiger partial charge in [-0.1, -0.05) is 11.3 Å². The van der Waals surface area contributed by atoms with Gasteiger partial charge >= 0.3 is 0 Å². The molecule has 21 heavy (non-hydrogen) atoms. The number of phenolic OH excluding ortho intramolecular Hbond substituents is 1. The fraction of sp³-hybridized carbons (Fsp3) is 0.353. The van der Waals surface area contributed by atoms with Crippen LogP contribution in [0.4, 0.5) is 5.69 Å². The summed E-state index contributed by atoms with van der Waals surface area (Å²) in [5.41, 5.74) is 3.07. The molecule has 2 aromatic rings. The van der Waals surface area contributed by atoms with E-state index in [0.29, 0.717) is 5.75 Å². The number of aromatic hydroxyl groups is 1. The zero-order valence-electron chi connectivity index (χ0n) is 13.1. The first-order chi connectivity index (χ1) is 10.1. The topological polar surface area (TPSA) is 27.4 Å². The number of anilines is 1. The van der Waals surface area contributed by atoms with E-state index in [2.05, 4.69) is 41.7 Å². The van der Waals surface area contributed by atoms with Crippen molar-refractivity contribution >= 4 is 28.7 Å². The third-order valence-corrected chi connectivity index (χ3v) is 4.73. The monoisotopic (exact) mass is 303 g/mol. The lowest BCUT2D eigenvalue weighted by Crippen LogP contribution is -2.28. The van der Waals surface area contributed by atoms with Gasteiger partial charge in [-0.25, -0.2) is 0 Å². The number of allylic oxidation sites excluding steroid dienone is 1. The van der Waals surface area contributed by atoms with Crippen LogP contribution >= 0.6 is 11.3 Å². The third kappa shape index (κ3) is 3.45. The quantitative estimate of drug-likeness (QED) is 0.853. The normalized spacial score (nSPS) is 11.7. The molecule has 0 amide bonds. The van der Waals surface area contributed by atoms with Gasteiger partial charge in [-0.15, -0.1) is 0 Å². The molecule has 1 N–H and O–H groups in total. The standard InChI is InChI=1S/C17H22N2OS/c1-5-19(6-2)15-8-7-14(16(20)12-15)11-13(3)17-18(4)9-10-21-17/h7-12H,5-6H2,1-4H3/p+1. The average molecular weight is 303 g/mol. The minimum absolute atomic E-state index is 0.331. The summed E-state index contributed by atoms with van der Waals surface area (Å²) in [6.45, 7) is 8.19. The molecule has 0 bridgehead atoms. The number of aromatic nitrogens is 1. The Hall–Kier alpha value is -1.81. The zero-order valence-corrected chi connectivity index (χ0v) is 13.9. The van der Waals surface area contributed by atoms with Gasteiger partial charge in [0.1, 0.15) is 12.8 Å². The van der Waals surface area contributed by atoms with Crippen LogP contribution in [0.3, 0.4) is 0 Å². The van der Waals surface area contributed by atoms with Gasteiger partial charge in [0.25, 0.3) is 5.01 Å². The van der Waals surface area contributed by atoms with E-state index in [4.69, 9.17) is 0 Å². The Morgan fingerprint density at radius 1 is 1.33 bits per heavy atom. The first kappa shape index (κ1) is 15.6. The van der Waals surface area contributed by atoms with E-state index in [1.54, 1.807) is 11.3 Å². The van der Waals surface area contributed by atoms with Gasteiger partial charge < -0.3 is 10.0 Å². The number of phenols is 1. The van der Waals surface area contributed by atoms with E-state index in [-0.39, 0.29) is 0 Å². The highest BCUT2D eigenvalue weighted by molar-refractivity contribution is 7.10. The van der Waals surface area contributed by atoms with Crippen LogP contribution in [0.15, 0.2) is 29.8 Å². The summed E-state index contributed by atoms with van der Waals surface area (Å²) >= 11 is 1.70. The highest BCUT2D eigenvalue weighted by atomic mass is 32.1. The molecule has 0 aliphatic heterocycles. The highest BCUT2D eigenvalue weighted by Crippen LogP contribution is 2.28. The van der Waals surface area contributed by atoms with Crippen LogP contribution in [-0.4, -0.2) is 18.2 Å². The molecule has 4 heteroatoms. The van der Waals surface area contributed by atoms with Gasteiger partial charge in [0.05, 0.1) is 5.38 Å². The molecular weight excluding hydrogens is 280 g/mol. The molecule has 1 heterocycles. The van der Waals surface area contributed by atoms with Crippen LogP contribution in [0.2, 0.25) is 0 Å². The number of aryl methyl sites for hydroxylation is 1. The van der Waals surface area contributed by atoms with Crippen molar-refractivity contribution in [1.82, 2.24) is 0 Å². The number of hydrogen-bond donors (Lipinski definition) is 1. The van der Waals surface area contributed by atoms with Crippen molar-refractivity contribution in [3.8, 4) is 5.75 Å². The number of hydrogen-bond acceptors (Lipinski definition) is 3. The van der Waals surface area contributed by atoms with E-state index >= 15 is 0 Å². The van der Waals surface area contributed by atoms with E-state index in [9.17, 15) is 5.11 Å². The Morgan fingerprint density at radius 3 is 2.57 bits per heavy atom. The van der Waals surface area contributed by atoms with Gasteiger partial charge in [0, 0.05) is 36.0 Å². The van der Waals surface area contributed by atoms with Crippen LogP contribution in [0.25, 0.3) is 11.6 Å². The van der Waals surface area contributed by atoms with Crippen LogP contribution in [0.1, 0.15) is 31.3 Å². The minimum atomic E-state index is 0.331. The van der Waals surface area contributed by atoms with Gasteiger partial charge in [-0.3, -0.25) is 0 Å². The van der Waals surface area contributed by atoms with E-state index in [0.717, 1.165) is 29.9 Å². The summed E-state index contributed by atoms with van der Waals surface area (Å²) in [5.74, 6) is 0.331. The summed E-state index contributed by atoms with van der Waals surface area (Å²) in [6.07, 6.45) is 4.08. The second kappa shape index (κ2) is 6.76. The van der Waals surface area contributed by atoms with Gasteiger partial charge in [-0.2, -0.15) is 4.57 Å². The molecule has 0 fully saturated rings. The van der Waals surface area contributed by atoms with Crippen LogP contribution in [0, 0.1) is 0 Å². The molecule has 0 radical (unpaired) electrons. The largest absolute Gasteiger partial charge is 0.507 e. The van der Waals surface area contributed by atoms with Crippen molar-refractivity contribution in [1.29, 1.82) is 0 Å². The molecule has 0 saturated carbocycles. The lowest BCUT2D eigenvalue weighted by molar-refractivity contribution is -0.668. The maximum atomic E-state index is 10.3. The first-order valence-corrected chi connectivity index (χ1v) is 8.14. The molecule has 0 saturated heterocycles. The van der Waals surface area contributed by atoms with Gasteiger partial charge in [0.15, 0.2) is 6.20 Å². The lowest BCUT2D eigenvalue weighted by Gasteiger charge is -2.21. The molecule has 2 rings (SSSR count). The zero-order chi connectivity index (χ0) is 15.4. The van der Waals surface area contributed by atoms with Crippen molar-refractivity contribution in [2.45, 2.75) is 20.8 Å². The number of thiazole rings is 1. The highest BCUT2D eigenvalue weighted by Gasteiger charge is 2.11. The van der Waals surface area contributed by atoms with Crippen LogP contribution < -0.4 is 9.47 Å². The molecule has 0 aliphatic carbocycles. The van der Waals surface area contributed by atoms with Gasteiger partial charge in [0.2, 0.25) is 0 Å². The fourth-order valence-electron chi connectivity index (χ4n) is 2.44. The van der Waals surface area contributed by atoms with E-state index in [1.165, 1.54) is 5.01 Å². The van der Waals surface area contributed by atoms with Crippen molar-refractivity contribution in [3.05, 3.63) is 40.3 Å². The van der Waals surface area contributed by atoms with Crippen molar-refractivity contribution in [2.24, 2.45) is 7.05 Å². The van der Waals surface area contributed by atoms with Crippen LogP contribution in [0.5, 0.6) is 5.75 Å². The molecule has 1 aromatic carbocycles. The predicted molar refractivity (Wildman–Crippen MR) is 90.7 cm³/mol. The number of benzene rings is 1. The Kier molecular flexibility index (Phi) is 5.02. The Bertz CT molecular complexity index is 642. The molecule has 0 unspecified atom stereocenters. The smallest absolute Gasteiger partial charge is 0.264 e. The van der Waals surface area contributed by atoms with Crippen molar-refractivity contribution in [3.63, 3.8) is 0 Å². The molecular formula is C17H23N2OS+. The maximum Gasteiger partial charge on any atom is 0.264 e. The summed E-state index contributed by atoms with van der Waals surface area (Å²) in [4.78, 5) is 2.22. The maximum absolute atomic E-state index is 10.3. The van der Waals surface area contributed by atoms with Crippen LogP contribution in [-0.2, 0) is 7.05 Å². The first-order valence-electron chi connectivity index (χ1n) is 7.26. The second-order valence-electron chi connectivity index (χ2n) is 5.06. The molecule has 0 aliphatic rings. The minimum Gasteiger partial charge on any atom is -0.507 e. The summed E-state index contributed by atoms with van der Waals surface area (Å²) in [6, 6.07) is 5.90. The third-order valence-electron chi connectivity index (χ3n) is 3.64. The Morgan fingerprint density at radius 2 is 2.05 bits per heavy atom. The molecule has 3 nitrogen and oxygen atoms in total. The lowest BCUT2D eigenvalue weighted by atomic mass is 10.1. The Labute approximate surface area is 130 Å². The summed E-state index contributed by atoms with van der Waals surface area (Å²) < 4.78 is 2.10. The van der Waals surface area contributed by atoms with Gasteiger partial charge in [-0.05, 0) is 39.0 Å². The molecule has 0 atom stereocenters. The van der Waals surface area contributed by atoms with E-state index < -0.39 is 0 Å². The van der Waals surface area contributed by atoms with Crippen molar-refractivity contribution in [2.75, 3.05) is 18.0 Å². The van der Waals surface area contributed by atoms with Crippen molar-refractivity contribution < 1.29 is 9.67 Å². The number of nitrogens with zero attached hydrogens (tertiary/aromatic N) is 2. The molecule has 0 spiro atoms. The van der Waals surface area contributed by atoms with E-state index in [1.807, 2.05) is 31.5 Å². The number of rotatable bonds is 5. The average Bonchev–Trinajstić information content (AvgIpc) is 2.89. The molecule has 1 aromatic heterocycles. The summed E-state index contributed by atoms with van der Waals surface area (Å²) in [7, 11) is 2.03. The summed E-state index contributed by atoms with van der Waals surface area (Å²) in [5, 5.41) is 13.5. The fourth-order valence-corrected chi connectivity index (χ4v) is 3.29. The SMILES string of the molecule is CCN(CC)c1ccc(/C=C(\C)c2scc[n+]2C)c(O)c1. The second-order valence-corrected chi connectivity index (χ2v) is 5.96. The Balaban J connectivity index is 2.31. The predicted octanol–water partition coefficient (Wildman–Crippen LogP) is 3.68.